The van der Waals surface area contributed by atoms with Crippen LogP contribution < -0.4 is 15.4 Å². The summed E-state index contributed by atoms with van der Waals surface area (Å²) in [6, 6.07) is 16.8. The quantitative estimate of drug-likeness (QED) is 0.313. The number of para-hydroxylation sites is 2. The first-order valence-corrected chi connectivity index (χ1v) is 10.1. The highest BCUT2D eigenvalue weighted by Crippen LogP contribution is 2.30. The Labute approximate surface area is 194 Å². The third kappa shape index (κ3) is 6.91. The number of anilines is 1. The highest BCUT2D eigenvalue weighted by molar-refractivity contribution is 9.10. The zero-order valence-electron chi connectivity index (χ0n) is 16.6. The van der Waals surface area contributed by atoms with E-state index in [0.29, 0.717) is 4.47 Å². The lowest BCUT2D eigenvalue weighted by molar-refractivity contribution is -0.274. The number of alkyl halides is 3. The number of benzene rings is 3. The van der Waals surface area contributed by atoms with Crippen molar-refractivity contribution in [3.05, 3.63) is 99.9 Å². The second kappa shape index (κ2) is 10.3. The molecule has 170 valence electrons. The topological polar surface area (TPSA) is 67.4 Å². The highest BCUT2D eigenvalue weighted by Gasteiger charge is 2.32. The number of halogens is 5. The molecular formula is C23H15BrF4N2O3. The van der Waals surface area contributed by atoms with E-state index in [0.717, 1.165) is 18.2 Å². The molecule has 2 amide bonds. The minimum Gasteiger partial charge on any atom is -0.404 e. The van der Waals surface area contributed by atoms with E-state index in [1.807, 2.05) is 0 Å². The van der Waals surface area contributed by atoms with Gasteiger partial charge in [-0.1, -0.05) is 46.3 Å². The fourth-order valence-electron chi connectivity index (χ4n) is 2.70. The molecule has 0 saturated carbocycles. The van der Waals surface area contributed by atoms with Gasteiger partial charge < -0.3 is 15.4 Å². The Hall–Kier alpha value is -3.66. The summed E-state index contributed by atoms with van der Waals surface area (Å²) in [5.41, 5.74) is -0.522. The molecule has 0 atom stereocenters. The lowest BCUT2D eigenvalue weighted by Crippen LogP contribution is -2.31. The van der Waals surface area contributed by atoms with Crippen molar-refractivity contribution in [3.63, 3.8) is 0 Å². The summed E-state index contributed by atoms with van der Waals surface area (Å²) in [5.74, 6) is -3.00. The Balaban J connectivity index is 1.96. The van der Waals surface area contributed by atoms with Crippen LogP contribution in [0.3, 0.4) is 0 Å². The van der Waals surface area contributed by atoms with Crippen molar-refractivity contribution >= 4 is 39.5 Å². The predicted molar refractivity (Wildman–Crippen MR) is 118 cm³/mol. The number of ether oxygens (including phenoxy) is 1. The third-order valence-electron chi connectivity index (χ3n) is 4.15. The van der Waals surface area contributed by atoms with Gasteiger partial charge in [0.2, 0.25) is 0 Å². The molecule has 0 radical (unpaired) electrons. The summed E-state index contributed by atoms with van der Waals surface area (Å²) < 4.78 is 56.8. The molecule has 0 unspecified atom stereocenters. The number of carbonyl (C=O) groups is 2. The van der Waals surface area contributed by atoms with Gasteiger partial charge in [-0.3, -0.25) is 9.59 Å². The Morgan fingerprint density at radius 3 is 2.30 bits per heavy atom. The molecule has 0 aliphatic rings. The molecule has 0 fully saturated rings. The molecule has 33 heavy (non-hydrogen) atoms. The molecule has 0 bridgehead atoms. The van der Waals surface area contributed by atoms with E-state index in [1.165, 1.54) is 42.5 Å². The van der Waals surface area contributed by atoms with Crippen molar-refractivity contribution in [2.45, 2.75) is 6.36 Å². The number of amides is 2. The highest BCUT2D eigenvalue weighted by atomic mass is 79.9. The molecule has 0 aliphatic carbocycles. The smallest absolute Gasteiger partial charge is 0.404 e. The largest absolute Gasteiger partial charge is 0.573 e. The fourth-order valence-corrected chi connectivity index (χ4v) is 3.08. The summed E-state index contributed by atoms with van der Waals surface area (Å²) in [4.78, 5) is 25.5. The summed E-state index contributed by atoms with van der Waals surface area (Å²) in [6.45, 7) is 0. The van der Waals surface area contributed by atoms with Crippen LogP contribution in [0.1, 0.15) is 15.9 Å². The van der Waals surface area contributed by atoms with Crippen LogP contribution in [-0.2, 0) is 4.79 Å². The Morgan fingerprint density at radius 2 is 1.61 bits per heavy atom. The van der Waals surface area contributed by atoms with Gasteiger partial charge in [-0.05, 0) is 48.5 Å². The van der Waals surface area contributed by atoms with E-state index in [-0.39, 0.29) is 16.8 Å². The molecule has 0 aromatic heterocycles. The SMILES string of the molecule is O=C(Nc1ccccc1OC(F)(F)F)C(=Cc1cc(Br)ccc1F)NC(=O)c1ccccc1. The predicted octanol–water partition coefficient (Wildman–Crippen LogP) is 5.90. The Kier molecular flexibility index (Phi) is 7.49. The van der Waals surface area contributed by atoms with E-state index < -0.39 is 35.4 Å². The molecule has 10 heteroatoms. The number of rotatable bonds is 6. The number of hydrogen-bond acceptors (Lipinski definition) is 3. The van der Waals surface area contributed by atoms with Gasteiger partial charge >= 0.3 is 6.36 Å². The summed E-state index contributed by atoms with van der Waals surface area (Å²) in [6.07, 6.45) is -3.91. The van der Waals surface area contributed by atoms with Crippen LogP contribution in [0, 0.1) is 5.82 Å². The average molecular weight is 523 g/mol. The molecule has 3 aromatic carbocycles. The van der Waals surface area contributed by atoms with E-state index in [2.05, 4.69) is 31.3 Å². The minimum absolute atomic E-state index is 0.0392. The van der Waals surface area contributed by atoms with Crippen molar-refractivity contribution in [1.82, 2.24) is 5.32 Å². The van der Waals surface area contributed by atoms with Crippen molar-refractivity contribution in [2.75, 3.05) is 5.32 Å². The molecule has 3 rings (SSSR count). The number of carbonyl (C=O) groups excluding carboxylic acids is 2. The van der Waals surface area contributed by atoms with Crippen LogP contribution in [0.4, 0.5) is 23.2 Å². The molecule has 0 heterocycles. The molecule has 2 N–H and O–H groups in total. The molecule has 0 spiro atoms. The van der Waals surface area contributed by atoms with E-state index in [9.17, 15) is 27.2 Å². The van der Waals surface area contributed by atoms with E-state index >= 15 is 0 Å². The first-order chi connectivity index (χ1) is 15.6. The van der Waals surface area contributed by atoms with Gasteiger partial charge in [0.25, 0.3) is 11.8 Å². The van der Waals surface area contributed by atoms with Gasteiger partial charge in [-0.25, -0.2) is 4.39 Å². The van der Waals surface area contributed by atoms with Crippen LogP contribution in [0.2, 0.25) is 0 Å². The lowest BCUT2D eigenvalue weighted by Gasteiger charge is -2.15. The zero-order chi connectivity index (χ0) is 24.0. The van der Waals surface area contributed by atoms with Crippen molar-refractivity contribution in [1.29, 1.82) is 0 Å². The van der Waals surface area contributed by atoms with Crippen molar-refractivity contribution < 1.29 is 31.9 Å². The maximum atomic E-state index is 14.3. The standard InChI is InChI=1S/C23H15BrF4N2O3/c24-16-10-11-17(25)15(12-16)13-19(30-21(31)14-6-2-1-3-7-14)22(32)29-18-8-4-5-9-20(18)33-23(26,27)28/h1-13H,(H,29,32)(H,30,31). The van der Waals surface area contributed by atoms with Gasteiger partial charge in [0.1, 0.15) is 11.5 Å². The minimum atomic E-state index is -4.99. The molecule has 0 aliphatic heterocycles. The first-order valence-electron chi connectivity index (χ1n) is 9.31. The summed E-state index contributed by atoms with van der Waals surface area (Å²) >= 11 is 3.20. The maximum Gasteiger partial charge on any atom is 0.573 e. The summed E-state index contributed by atoms with van der Waals surface area (Å²) in [7, 11) is 0. The second-order valence-corrected chi connectivity index (χ2v) is 7.46. The van der Waals surface area contributed by atoms with Crippen LogP contribution in [0.25, 0.3) is 6.08 Å². The van der Waals surface area contributed by atoms with Gasteiger partial charge in [0.05, 0.1) is 5.69 Å². The average Bonchev–Trinajstić information content (AvgIpc) is 2.76. The second-order valence-electron chi connectivity index (χ2n) is 6.54. The third-order valence-corrected chi connectivity index (χ3v) is 4.64. The monoisotopic (exact) mass is 522 g/mol. The summed E-state index contributed by atoms with van der Waals surface area (Å²) in [5, 5.41) is 4.64. The van der Waals surface area contributed by atoms with Crippen LogP contribution in [-0.4, -0.2) is 18.2 Å². The van der Waals surface area contributed by atoms with Crippen molar-refractivity contribution in [3.8, 4) is 5.75 Å². The van der Waals surface area contributed by atoms with Gasteiger partial charge in [0.15, 0.2) is 5.75 Å². The normalized spacial score (nSPS) is 11.6. The van der Waals surface area contributed by atoms with Crippen LogP contribution in [0.5, 0.6) is 5.75 Å². The molecule has 5 nitrogen and oxygen atoms in total. The lowest BCUT2D eigenvalue weighted by atomic mass is 10.1. The molecule has 3 aromatic rings. The molecule has 0 saturated heterocycles. The molecular weight excluding hydrogens is 508 g/mol. The van der Waals surface area contributed by atoms with E-state index in [4.69, 9.17) is 0 Å². The zero-order valence-corrected chi connectivity index (χ0v) is 18.2. The van der Waals surface area contributed by atoms with Gasteiger partial charge in [-0.15, -0.1) is 13.2 Å². The number of hydrogen-bond donors (Lipinski definition) is 2. The fraction of sp³-hybridized carbons (Fsp3) is 0.0435. The Bertz CT molecular complexity index is 1200. The van der Waals surface area contributed by atoms with Gasteiger partial charge in [-0.2, -0.15) is 0 Å². The maximum absolute atomic E-state index is 14.3. The van der Waals surface area contributed by atoms with Crippen molar-refractivity contribution in [2.24, 2.45) is 0 Å². The van der Waals surface area contributed by atoms with Crippen LogP contribution >= 0.6 is 15.9 Å². The van der Waals surface area contributed by atoms with E-state index in [1.54, 1.807) is 18.2 Å². The first kappa shape index (κ1) is 24.0. The Morgan fingerprint density at radius 1 is 0.939 bits per heavy atom. The number of nitrogens with one attached hydrogen (secondary N) is 2. The van der Waals surface area contributed by atoms with Crippen LogP contribution in [0.15, 0.2) is 83.0 Å². The van der Waals surface area contributed by atoms with Gasteiger partial charge in [0, 0.05) is 15.6 Å².